The lowest BCUT2D eigenvalue weighted by molar-refractivity contribution is 0.0935. The van der Waals surface area contributed by atoms with Crippen LogP contribution < -0.4 is 10.2 Å². The number of anilines is 1. The van der Waals surface area contributed by atoms with Crippen LogP contribution in [0.2, 0.25) is 0 Å². The molecule has 1 N–H and O–H groups in total. The average molecular weight is 283 g/mol. The number of carbonyl (C=O) groups is 1. The van der Waals surface area contributed by atoms with Crippen LogP contribution in [0.1, 0.15) is 22.6 Å². The van der Waals surface area contributed by atoms with Crippen LogP contribution in [0.15, 0.2) is 36.8 Å². The second-order valence-electron chi connectivity index (χ2n) is 5.14. The largest absolute Gasteiger partial charge is 0.354 e. The SMILES string of the molecule is Cc1cnc(C(=O)NC2CCN(c3ccccn3)C2)cn1. The number of nitrogens with zero attached hydrogens (tertiary/aromatic N) is 4. The Morgan fingerprint density at radius 2 is 2.19 bits per heavy atom. The predicted molar refractivity (Wildman–Crippen MR) is 79.1 cm³/mol. The molecule has 108 valence electrons. The molecule has 0 spiro atoms. The van der Waals surface area contributed by atoms with Crippen LogP contribution in [-0.2, 0) is 0 Å². The standard InChI is InChI=1S/C15H17N5O/c1-11-8-18-13(9-17-11)15(21)19-12-5-7-20(10-12)14-4-2-3-6-16-14/h2-4,6,8-9,12H,5,7,10H2,1H3,(H,19,21). The van der Waals surface area contributed by atoms with Crippen molar-refractivity contribution in [1.29, 1.82) is 0 Å². The van der Waals surface area contributed by atoms with Crippen molar-refractivity contribution in [2.45, 2.75) is 19.4 Å². The van der Waals surface area contributed by atoms with Crippen molar-refractivity contribution in [3.05, 3.63) is 48.2 Å². The minimum absolute atomic E-state index is 0.114. The fourth-order valence-corrected chi connectivity index (χ4v) is 2.40. The third kappa shape index (κ3) is 3.16. The molecule has 3 heterocycles. The van der Waals surface area contributed by atoms with E-state index in [1.54, 1.807) is 12.4 Å². The average Bonchev–Trinajstić information content (AvgIpc) is 2.97. The van der Waals surface area contributed by atoms with Gasteiger partial charge in [0.2, 0.25) is 0 Å². The van der Waals surface area contributed by atoms with Crippen molar-refractivity contribution in [1.82, 2.24) is 20.3 Å². The monoisotopic (exact) mass is 283 g/mol. The predicted octanol–water partition coefficient (Wildman–Crippen LogP) is 1.19. The molecule has 1 saturated heterocycles. The first-order chi connectivity index (χ1) is 10.2. The molecular formula is C15H17N5O. The molecule has 3 rings (SSSR count). The highest BCUT2D eigenvalue weighted by molar-refractivity contribution is 5.92. The molecule has 2 aromatic rings. The van der Waals surface area contributed by atoms with E-state index >= 15 is 0 Å². The molecule has 6 nitrogen and oxygen atoms in total. The van der Waals surface area contributed by atoms with Gasteiger partial charge in [0, 0.05) is 31.5 Å². The van der Waals surface area contributed by atoms with E-state index in [0.29, 0.717) is 5.69 Å². The minimum Gasteiger partial charge on any atom is -0.354 e. The second-order valence-corrected chi connectivity index (χ2v) is 5.14. The fourth-order valence-electron chi connectivity index (χ4n) is 2.40. The van der Waals surface area contributed by atoms with Gasteiger partial charge in [0.05, 0.1) is 11.9 Å². The fraction of sp³-hybridized carbons (Fsp3) is 0.333. The summed E-state index contributed by atoms with van der Waals surface area (Å²) in [6.45, 7) is 3.50. The van der Waals surface area contributed by atoms with E-state index < -0.39 is 0 Å². The molecule has 0 saturated carbocycles. The van der Waals surface area contributed by atoms with E-state index in [1.807, 2.05) is 25.1 Å². The Morgan fingerprint density at radius 1 is 1.29 bits per heavy atom. The first-order valence-electron chi connectivity index (χ1n) is 6.98. The minimum atomic E-state index is -0.171. The number of pyridine rings is 1. The number of amides is 1. The summed E-state index contributed by atoms with van der Waals surface area (Å²) in [6.07, 6.45) is 5.80. The number of hydrogen-bond donors (Lipinski definition) is 1. The highest BCUT2D eigenvalue weighted by atomic mass is 16.2. The third-order valence-corrected chi connectivity index (χ3v) is 3.51. The van der Waals surface area contributed by atoms with E-state index in [4.69, 9.17) is 0 Å². The molecule has 6 heteroatoms. The molecule has 1 atom stereocenters. The zero-order chi connectivity index (χ0) is 14.7. The molecule has 1 fully saturated rings. The Morgan fingerprint density at radius 3 is 2.90 bits per heavy atom. The summed E-state index contributed by atoms with van der Waals surface area (Å²) in [6, 6.07) is 5.96. The lowest BCUT2D eigenvalue weighted by Gasteiger charge is -2.17. The van der Waals surface area contributed by atoms with Crippen LogP contribution in [0, 0.1) is 6.92 Å². The Balaban J connectivity index is 1.60. The van der Waals surface area contributed by atoms with Crippen LogP contribution in [0.5, 0.6) is 0 Å². The third-order valence-electron chi connectivity index (χ3n) is 3.51. The molecule has 1 aliphatic heterocycles. The van der Waals surface area contributed by atoms with Crippen molar-refractivity contribution >= 4 is 11.7 Å². The highest BCUT2D eigenvalue weighted by Gasteiger charge is 2.25. The molecule has 0 radical (unpaired) electrons. The number of rotatable bonds is 3. The highest BCUT2D eigenvalue weighted by Crippen LogP contribution is 2.17. The Kier molecular flexibility index (Phi) is 3.77. The van der Waals surface area contributed by atoms with Gasteiger partial charge in [-0.2, -0.15) is 0 Å². The summed E-state index contributed by atoms with van der Waals surface area (Å²) in [5.41, 5.74) is 1.16. The number of aryl methyl sites for hydroxylation is 1. The topological polar surface area (TPSA) is 71.0 Å². The molecule has 0 bridgehead atoms. The van der Waals surface area contributed by atoms with Crippen LogP contribution >= 0.6 is 0 Å². The van der Waals surface area contributed by atoms with E-state index in [2.05, 4.69) is 25.2 Å². The maximum absolute atomic E-state index is 12.1. The zero-order valence-corrected chi connectivity index (χ0v) is 11.9. The van der Waals surface area contributed by atoms with Crippen molar-refractivity contribution < 1.29 is 4.79 Å². The van der Waals surface area contributed by atoms with Gasteiger partial charge >= 0.3 is 0 Å². The second kappa shape index (κ2) is 5.87. The van der Waals surface area contributed by atoms with E-state index in [9.17, 15) is 4.79 Å². The molecule has 21 heavy (non-hydrogen) atoms. The smallest absolute Gasteiger partial charge is 0.271 e. The number of nitrogens with one attached hydrogen (secondary N) is 1. The van der Waals surface area contributed by atoms with E-state index in [0.717, 1.165) is 31.0 Å². The van der Waals surface area contributed by atoms with Crippen molar-refractivity contribution in [2.75, 3.05) is 18.0 Å². The van der Waals surface area contributed by atoms with Gasteiger partial charge in [0.15, 0.2) is 0 Å². The molecule has 1 amide bonds. The lowest BCUT2D eigenvalue weighted by Crippen LogP contribution is -2.37. The van der Waals surface area contributed by atoms with Crippen molar-refractivity contribution in [2.24, 2.45) is 0 Å². The quantitative estimate of drug-likeness (QED) is 0.916. The first-order valence-corrected chi connectivity index (χ1v) is 6.98. The summed E-state index contributed by atoms with van der Waals surface area (Å²) >= 11 is 0. The van der Waals surface area contributed by atoms with E-state index in [1.165, 1.54) is 6.20 Å². The molecule has 0 aromatic carbocycles. The zero-order valence-electron chi connectivity index (χ0n) is 11.9. The summed E-state index contributed by atoms with van der Waals surface area (Å²) in [4.78, 5) is 26.8. The summed E-state index contributed by atoms with van der Waals surface area (Å²) in [5.74, 6) is 0.778. The van der Waals surface area contributed by atoms with Crippen molar-refractivity contribution in [3.8, 4) is 0 Å². The lowest BCUT2D eigenvalue weighted by atomic mass is 10.2. The van der Waals surface area contributed by atoms with Gasteiger partial charge in [-0.25, -0.2) is 9.97 Å². The number of hydrogen-bond acceptors (Lipinski definition) is 5. The van der Waals surface area contributed by atoms with Gasteiger partial charge < -0.3 is 10.2 Å². The van der Waals surface area contributed by atoms with Gasteiger partial charge in [-0.3, -0.25) is 9.78 Å². The molecule has 1 aliphatic rings. The molecule has 0 aliphatic carbocycles. The van der Waals surface area contributed by atoms with Gasteiger partial charge in [0.25, 0.3) is 5.91 Å². The Labute approximate surface area is 123 Å². The van der Waals surface area contributed by atoms with Crippen LogP contribution in [0.25, 0.3) is 0 Å². The van der Waals surface area contributed by atoms with Gasteiger partial charge in [-0.05, 0) is 25.5 Å². The maximum Gasteiger partial charge on any atom is 0.271 e. The summed E-state index contributed by atoms with van der Waals surface area (Å²) < 4.78 is 0. The van der Waals surface area contributed by atoms with Gasteiger partial charge in [-0.15, -0.1) is 0 Å². The maximum atomic E-state index is 12.1. The number of carbonyl (C=O) groups excluding carboxylic acids is 1. The normalized spacial score (nSPS) is 17.8. The van der Waals surface area contributed by atoms with Crippen LogP contribution in [-0.4, -0.2) is 40.0 Å². The summed E-state index contributed by atoms with van der Waals surface area (Å²) in [5, 5.41) is 3.00. The molecule has 2 aromatic heterocycles. The summed E-state index contributed by atoms with van der Waals surface area (Å²) in [7, 11) is 0. The number of aromatic nitrogens is 3. The van der Waals surface area contributed by atoms with Gasteiger partial charge in [-0.1, -0.05) is 6.07 Å². The van der Waals surface area contributed by atoms with Gasteiger partial charge in [0.1, 0.15) is 11.5 Å². The first kappa shape index (κ1) is 13.5. The molecule has 1 unspecified atom stereocenters. The Bertz CT molecular complexity index is 614. The Hall–Kier alpha value is -2.50. The van der Waals surface area contributed by atoms with E-state index in [-0.39, 0.29) is 11.9 Å². The van der Waals surface area contributed by atoms with Crippen LogP contribution in [0.3, 0.4) is 0 Å². The molecular weight excluding hydrogens is 266 g/mol. The van der Waals surface area contributed by atoms with Crippen molar-refractivity contribution in [3.63, 3.8) is 0 Å². The van der Waals surface area contributed by atoms with Crippen LogP contribution in [0.4, 0.5) is 5.82 Å².